The largest absolute Gasteiger partial charge is 0.480 e. The van der Waals surface area contributed by atoms with Crippen LogP contribution in [-0.2, 0) is 19.2 Å². The molecule has 0 saturated carbocycles. The summed E-state index contributed by atoms with van der Waals surface area (Å²) in [6, 6.07) is -3.27. The van der Waals surface area contributed by atoms with E-state index in [9.17, 15) is 19.2 Å². The number of thioether (sulfide) groups is 1. The highest BCUT2D eigenvalue weighted by atomic mass is 32.2. The van der Waals surface area contributed by atoms with Gasteiger partial charge in [-0.25, -0.2) is 4.79 Å². The molecule has 0 radical (unpaired) electrons. The molecule has 0 aromatic heterocycles. The maximum atomic E-state index is 12.2. The number of aliphatic carboxylic acids is 1. The van der Waals surface area contributed by atoms with Crippen molar-refractivity contribution in [3.05, 3.63) is 0 Å². The third-order valence-corrected chi connectivity index (χ3v) is 4.03. The van der Waals surface area contributed by atoms with Gasteiger partial charge in [0.15, 0.2) is 0 Å². The highest BCUT2D eigenvalue weighted by Crippen LogP contribution is 2.02. The fraction of sp³-hybridized carbons (Fsp3) is 0.692. The molecule has 0 bridgehead atoms. The van der Waals surface area contributed by atoms with E-state index >= 15 is 0 Å². The van der Waals surface area contributed by atoms with Crippen LogP contribution >= 0.6 is 24.4 Å². The molecule has 3 unspecified atom stereocenters. The molecule has 0 heterocycles. The van der Waals surface area contributed by atoms with Crippen LogP contribution in [0.5, 0.6) is 0 Å². The summed E-state index contributed by atoms with van der Waals surface area (Å²) >= 11 is 5.31. The van der Waals surface area contributed by atoms with Crippen LogP contribution in [0.25, 0.3) is 0 Å². The van der Waals surface area contributed by atoms with Crippen molar-refractivity contribution >= 4 is 48.1 Å². The average Bonchev–Trinajstić information content (AvgIpc) is 2.59. The summed E-state index contributed by atoms with van der Waals surface area (Å²) in [5.74, 6) is -2.77. The number of nitrogens with two attached hydrogens (primary N) is 1. The van der Waals surface area contributed by atoms with Gasteiger partial charge in [0.05, 0.1) is 13.2 Å². The van der Waals surface area contributed by atoms with Gasteiger partial charge in [0.2, 0.25) is 17.7 Å². The number of rotatable bonds is 12. The Labute approximate surface area is 155 Å². The number of hydrogen-bond acceptors (Lipinski definition) is 8. The van der Waals surface area contributed by atoms with Crippen molar-refractivity contribution in [2.45, 2.75) is 24.5 Å². The van der Waals surface area contributed by atoms with Crippen LogP contribution in [0.4, 0.5) is 0 Å². The number of carboxylic acid groups (broad SMARTS) is 1. The molecule has 3 amide bonds. The summed E-state index contributed by atoms with van der Waals surface area (Å²) in [5, 5.41) is 24.6. The molecule has 3 atom stereocenters. The predicted octanol–water partition coefficient (Wildman–Crippen LogP) is -2.84. The van der Waals surface area contributed by atoms with Crippen molar-refractivity contribution in [1.29, 1.82) is 0 Å². The highest BCUT2D eigenvalue weighted by molar-refractivity contribution is 7.98. The van der Waals surface area contributed by atoms with E-state index < -0.39 is 55.0 Å². The van der Waals surface area contributed by atoms with E-state index in [2.05, 4.69) is 28.6 Å². The topological polar surface area (TPSA) is 171 Å². The van der Waals surface area contributed by atoms with E-state index in [0.29, 0.717) is 5.75 Å². The second-order valence-electron chi connectivity index (χ2n) is 4.99. The van der Waals surface area contributed by atoms with Crippen molar-refractivity contribution < 1.29 is 29.4 Å². The number of thiol groups is 1. The number of amides is 3. The van der Waals surface area contributed by atoms with Crippen molar-refractivity contribution in [1.82, 2.24) is 16.0 Å². The minimum Gasteiger partial charge on any atom is -0.480 e. The summed E-state index contributed by atoms with van der Waals surface area (Å²) in [7, 11) is 0. The van der Waals surface area contributed by atoms with Crippen LogP contribution in [0.3, 0.4) is 0 Å². The van der Waals surface area contributed by atoms with Crippen molar-refractivity contribution in [2.24, 2.45) is 5.73 Å². The van der Waals surface area contributed by atoms with Crippen LogP contribution in [0.15, 0.2) is 0 Å². The second-order valence-corrected chi connectivity index (χ2v) is 6.34. The molecule has 12 heteroatoms. The lowest BCUT2D eigenvalue weighted by Crippen LogP contribution is -2.54. The van der Waals surface area contributed by atoms with Gasteiger partial charge in [0.1, 0.15) is 18.1 Å². The van der Waals surface area contributed by atoms with Gasteiger partial charge < -0.3 is 31.9 Å². The van der Waals surface area contributed by atoms with E-state index in [-0.39, 0.29) is 12.2 Å². The normalized spacial score (nSPS) is 14.1. The standard InChI is InChI=1S/C13H24N4O6S2/c1-25-3-2-8(12(21)17-9(6-24)13(22)23)16-10(19)4-15-11(20)7(14)5-18/h7-9,18,24H,2-6,14H2,1H3,(H,15,20)(H,16,19)(H,17,21)(H,22,23). The first kappa shape index (κ1) is 23.5. The molecule has 0 aliphatic carbocycles. The molecule has 0 spiro atoms. The summed E-state index contributed by atoms with van der Waals surface area (Å²) in [6.45, 7) is -0.989. The number of carbonyl (C=O) groups is 4. The Morgan fingerprint density at radius 1 is 1.16 bits per heavy atom. The SMILES string of the molecule is CSCCC(NC(=O)CNC(=O)C(N)CO)C(=O)NC(CS)C(=O)O. The highest BCUT2D eigenvalue weighted by Gasteiger charge is 2.25. The lowest BCUT2D eigenvalue weighted by Gasteiger charge is -2.20. The molecule has 7 N–H and O–H groups in total. The first-order chi connectivity index (χ1) is 11.8. The van der Waals surface area contributed by atoms with Crippen molar-refractivity contribution in [3.63, 3.8) is 0 Å². The fourth-order valence-electron chi connectivity index (χ4n) is 1.59. The zero-order valence-electron chi connectivity index (χ0n) is 13.7. The van der Waals surface area contributed by atoms with Crippen molar-refractivity contribution in [2.75, 3.05) is 30.9 Å². The summed E-state index contributed by atoms with van der Waals surface area (Å²) in [6.07, 6.45) is 2.10. The average molecular weight is 396 g/mol. The molecule has 25 heavy (non-hydrogen) atoms. The van der Waals surface area contributed by atoms with Gasteiger partial charge >= 0.3 is 5.97 Å². The smallest absolute Gasteiger partial charge is 0.327 e. The number of carbonyl (C=O) groups excluding carboxylic acids is 3. The Bertz CT molecular complexity index is 479. The van der Waals surface area contributed by atoms with E-state index in [1.54, 1.807) is 0 Å². The molecule has 0 aliphatic heterocycles. The van der Waals surface area contributed by atoms with Crippen molar-refractivity contribution in [3.8, 4) is 0 Å². The number of nitrogens with one attached hydrogen (secondary N) is 3. The number of carboxylic acids is 1. The minimum atomic E-state index is -1.23. The number of aliphatic hydroxyl groups is 1. The summed E-state index contributed by atoms with van der Waals surface area (Å²) in [4.78, 5) is 46.4. The van der Waals surface area contributed by atoms with Crippen LogP contribution in [0.2, 0.25) is 0 Å². The van der Waals surface area contributed by atoms with Crippen LogP contribution < -0.4 is 21.7 Å². The quantitative estimate of drug-likeness (QED) is 0.173. The van der Waals surface area contributed by atoms with E-state index in [1.165, 1.54) is 11.8 Å². The predicted molar refractivity (Wildman–Crippen MR) is 96.4 cm³/mol. The van der Waals surface area contributed by atoms with Gasteiger partial charge in [0, 0.05) is 5.75 Å². The second kappa shape index (κ2) is 12.8. The van der Waals surface area contributed by atoms with Gasteiger partial charge in [-0.05, 0) is 18.4 Å². The van der Waals surface area contributed by atoms with Crippen LogP contribution in [-0.4, -0.2) is 82.9 Å². The maximum absolute atomic E-state index is 12.2. The first-order valence-electron chi connectivity index (χ1n) is 7.33. The first-order valence-corrected chi connectivity index (χ1v) is 9.35. The zero-order valence-corrected chi connectivity index (χ0v) is 15.4. The van der Waals surface area contributed by atoms with Crippen LogP contribution in [0, 0.1) is 0 Å². The van der Waals surface area contributed by atoms with Gasteiger partial charge in [-0.3, -0.25) is 14.4 Å². The third kappa shape index (κ3) is 9.53. The van der Waals surface area contributed by atoms with Gasteiger partial charge in [-0.15, -0.1) is 0 Å². The lowest BCUT2D eigenvalue weighted by atomic mass is 10.2. The van der Waals surface area contributed by atoms with E-state index in [1.807, 2.05) is 6.26 Å². The Morgan fingerprint density at radius 2 is 1.80 bits per heavy atom. The monoisotopic (exact) mass is 396 g/mol. The Hall–Kier alpha value is -1.50. The zero-order chi connectivity index (χ0) is 19.4. The Balaban J connectivity index is 4.69. The number of hydrogen-bond donors (Lipinski definition) is 7. The maximum Gasteiger partial charge on any atom is 0.327 e. The fourth-order valence-corrected chi connectivity index (χ4v) is 2.31. The number of aliphatic hydroxyl groups excluding tert-OH is 1. The van der Waals surface area contributed by atoms with Gasteiger partial charge in [0.25, 0.3) is 0 Å². The molecule has 144 valence electrons. The van der Waals surface area contributed by atoms with E-state index in [4.69, 9.17) is 15.9 Å². The molecular weight excluding hydrogens is 372 g/mol. The molecule has 0 saturated heterocycles. The lowest BCUT2D eigenvalue weighted by molar-refractivity contribution is -0.141. The third-order valence-electron chi connectivity index (χ3n) is 3.02. The summed E-state index contributed by atoms with van der Waals surface area (Å²) in [5.41, 5.74) is 5.29. The molecule has 0 rings (SSSR count). The Kier molecular flexibility index (Phi) is 12.0. The molecule has 0 aromatic carbocycles. The molecule has 0 aliphatic rings. The van der Waals surface area contributed by atoms with Gasteiger partial charge in [-0.2, -0.15) is 24.4 Å². The molecular formula is C13H24N4O6S2. The van der Waals surface area contributed by atoms with Crippen LogP contribution in [0.1, 0.15) is 6.42 Å². The minimum absolute atomic E-state index is 0.0978. The molecule has 0 fully saturated rings. The van der Waals surface area contributed by atoms with Gasteiger partial charge in [-0.1, -0.05) is 0 Å². The molecule has 10 nitrogen and oxygen atoms in total. The Morgan fingerprint density at radius 3 is 2.28 bits per heavy atom. The molecule has 0 aromatic rings. The van der Waals surface area contributed by atoms with E-state index in [0.717, 1.165) is 0 Å². The summed E-state index contributed by atoms with van der Waals surface area (Å²) < 4.78 is 0.